The summed E-state index contributed by atoms with van der Waals surface area (Å²) in [6.45, 7) is 3.88. The van der Waals surface area contributed by atoms with E-state index in [0.717, 1.165) is 28.1 Å². The Bertz CT molecular complexity index is 674. The van der Waals surface area contributed by atoms with E-state index < -0.39 is 0 Å². The van der Waals surface area contributed by atoms with E-state index in [9.17, 15) is 4.79 Å². The molecule has 3 rings (SSSR count). The molecule has 0 spiro atoms. The van der Waals surface area contributed by atoms with Crippen LogP contribution in [-0.2, 0) is 4.79 Å². The Kier molecular flexibility index (Phi) is 7.16. The van der Waals surface area contributed by atoms with Crippen LogP contribution in [0.2, 0.25) is 0 Å². The Morgan fingerprint density at radius 3 is 2.17 bits per heavy atom. The van der Waals surface area contributed by atoms with Crippen molar-refractivity contribution < 1.29 is 4.79 Å². The molecule has 128 valence electrons. The number of hydrogen-bond donors (Lipinski definition) is 2. The van der Waals surface area contributed by atoms with E-state index in [-0.39, 0.29) is 24.2 Å². The quantitative estimate of drug-likeness (QED) is 0.719. The van der Waals surface area contributed by atoms with Crippen molar-refractivity contribution in [2.75, 3.05) is 18.4 Å². The van der Waals surface area contributed by atoms with Gasteiger partial charge in [-0.05, 0) is 67.5 Å². The van der Waals surface area contributed by atoms with Crippen LogP contribution in [0.5, 0.6) is 0 Å². The molecule has 2 aromatic rings. The van der Waals surface area contributed by atoms with Gasteiger partial charge in [0.05, 0.1) is 0 Å². The smallest absolute Gasteiger partial charge is 0.227 e. The van der Waals surface area contributed by atoms with E-state index in [4.69, 9.17) is 0 Å². The van der Waals surface area contributed by atoms with E-state index in [1.54, 1.807) is 11.8 Å². The zero-order valence-corrected chi connectivity index (χ0v) is 16.5. The third-order valence-corrected chi connectivity index (χ3v) is 5.65. The van der Waals surface area contributed by atoms with Crippen molar-refractivity contribution in [2.24, 2.45) is 11.8 Å². The molecule has 2 aromatic carbocycles. The average Bonchev–Trinajstić information content (AvgIpc) is 2.50. The highest BCUT2D eigenvalue weighted by molar-refractivity contribution is 9.10. The maximum Gasteiger partial charge on any atom is 0.227 e. The Hall–Kier alpha value is -1.01. The summed E-state index contributed by atoms with van der Waals surface area (Å²) in [6, 6.07) is 16.2. The highest BCUT2D eigenvalue weighted by atomic mass is 79.9. The molecule has 1 saturated heterocycles. The van der Waals surface area contributed by atoms with Gasteiger partial charge < -0.3 is 10.6 Å². The van der Waals surface area contributed by atoms with Crippen LogP contribution in [0.4, 0.5) is 5.69 Å². The van der Waals surface area contributed by atoms with Gasteiger partial charge in [-0.15, -0.1) is 12.4 Å². The van der Waals surface area contributed by atoms with Crippen molar-refractivity contribution in [2.45, 2.75) is 16.7 Å². The van der Waals surface area contributed by atoms with E-state index in [0.29, 0.717) is 5.92 Å². The van der Waals surface area contributed by atoms with Crippen molar-refractivity contribution in [3.05, 3.63) is 53.0 Å². The molecule has 6 heteroatoms. The Labute approximate surface area is 161 Å². The molecule has 0 aliphatic carbocycles. The van der Waals surface area contributed by atoms with Gasteiger partial charge in [-0.3, -0.25) is 4.79 Å². The number of anilines is 1. The van der Waals surface area contributed by atoms with Gasteiger partial charge in [-0.2, -0.15) is 0 Å². The first kappa shape index (κ1) is 19.3. The van der Waals surface area contributed by atoms with Crippen molar-refractivity contribution in [3.8, 4) is 0 Å². The summed E-state index contributed by atoms with van der Waals surface area (Å²) in [4.78, 5) is 14.6. The van der Waals surface area contributed by atoms with Crippen molar-refractivity contribution >= 4 is 51.7 Å². The lowest BCUT2D eigenvalue weighted by atomic mass is 9.88. The number of hydrogen-bond acceptors (Lipinski definition) is 3. The minimum atomic E-state index is 0. The Balaban J connectivity index is 0.00000208. The standard InChI is InChI=1S/C18H19BrN2OS.ClH/c1-12(13-10-20-11-13)18(22)21-15-4-8-17(9-5-15)23-16-6-2-14(19)3-7-16;/h2-9,12-13,20H,10-11H2,1H3,(H,21,22);1H. The van der Waals surface area contributed by atoms with Crippen molar-refractivity contribution in [1.82, 2.24) is 5.32 Å². The molecule has 1 atom stereocenters. The van der Waals surface area contributed by atoms with Gasteiger partial charge in [-0.1, -0.05) is 34.6 Å². The second-order valence-electron chi connectivity index (χ2n) is 5.78. The molecule has 1 amide bonds. The van der Waals surface area contributed by atoms with Crippen LogP contribution in [0.3, 0.4) is 0 Å². The highest BCUT2D eigenvalue weighted by Gasteiger charge is 2.28. The number of benzene rings is 2. The Morgan fingerprint density at radius 2 is 1.67 bits per heavy atom. The summed E-state index contributed by atoms with van der Waals surface area (Å²) in [7, 11) is 0. The molecule has 1 fully saturated rings. The lowest BCUT2D eigenvalue weighted by Crippen LogP contribution is -2.48. The summed E-state index contributed by atoms with van der Waals surface area (Å²) < 4.78 is 1.08. The molecule has 0 bridgehead atoms. The molecular formula is C18H20BrClN2OS. The fourth-order valence-electron chi connectivity index (χ4n) is 2.38. The van der Waals surface area contributed by atoms with Crippen LogP contribution in [0.1, 0.15) is 6.92 Å². The molecule has 1 aliphatic rings. The number of carbonyl (C=O) groups is 1. The van der Waals surface area contributed by atoms with E-state index >= 15 is 0 Å². The molecule has 24 heavy (non-hydrogen) atoms. The molecule has 2 N–H and O–H groups in total. The predicted molar refractivity (Wildman–Crippen MR) is 106 cm³/mol. The maximum absolute atomic E-state index is 12.2. The number of nitrogens with one attached hydrogen (secondary N) is 2. The predicted octanol–water partition coefficient (Wildman–Crippen LogP) is 4.82. The number of amides is 1. The molecule has 0 saturated carbocycles. The van der Waals surface area contributed by atoms with Gasteiger partial charge in [0.1, 0.15) is 0 Å². The van der Waals surface area contributed by atoms with Crippen LogP contribution >= 0.6 is 40.1 Å². The van der Waals surface area contributed by atoms with Gasteiger partial charge in [0, 0.05) is 25.9 Å². The average molecular weight is 428 g/mol. The molecule has 3 nitrogen and oxygen atoms in total. The third kappa shape index (κ3) is 4.99. The fourth-order valence-corrected chi connectivity index (χ4v) is 3.46. The minimum absolute atomic E-state index is 0. The third-order valence-electron chi connectivity index (χ3n) is 4.10. The lowest BCUT2D eigenvalue weighted by molar-refractivity contribution is -0.121. The number of rotatable bonds is 5. The zero-order chi connectivity index (χ0) is 16.2. The summed E-state index contributed by atoms with van der Waals surface area (Å²) in [6.07, 6.45) is 0. The van der Waals surface area contributed by atoms with Gasteiger partial charge >= 0.3 is 0 Å². The van der Waals surface area contributed by atoms with E-state index in [1.807, 2.05) is 43.3 Å². The summed E-state index contributed by atoms with van der Waals surface area (Å²) in [5, 5.41) is 6.22. The van der Waals surface area contributed by atoms with Crippen LogP contribution in [-0.4, -0.2) is 19.0 Å². The molecule has 1 unspecified atom stereocenters. The van der Waals surface area contributed by atoms with Gasteiger partial charge in [0.2, 0.25) is 5.91 Å². The number of halogens is 2. The maximum atomic E-state index is 12.2. The first-order valence-electron chi connectivity index (χ1n) is 7.67. The normalized spacial score (nSPS) is 15.1. The fraction of sp³-hybridized carbons (Fsp3) is 0.278. The topological polar surface area (TPSA) is 41.1 Å². The first-order valence-corrected chi connectivity index (χ1v) is 9.28. The molecule has 1 aliphatic heterocycles. The molecule has 0 aromatic heterocycles. The van der Waals surface area contributed by atoms with Crippen LogP contribution in [0.25, 0.3) is 0 Å². The summed E-state index contributed by atoms with van der Waals surface area (Å²) >= 11 is 5.15. The van der Waals surface area contributed by atoms with Crippen molar-refractivity contribution in [1.29, 1.82) is 0 Å². The van der Waals surface area contributed by atoms with Gasteiger partial charge in [-0.25, -0.2) is 0 Å². The second kappa shape index (κ2) is 8.90. The largest absolute Gasteiger partial charge is 0.326 e. The van der Waals surface area contributed by atoms with E-state index in [2.05, 4.69) is 38.7 Å². The van der Waals surface area contributed by atoms with Crippen LogP contribution in [0.15, 0.2) is 62.8 Å². The van der Waals surface area contributed by atoms with Crippen molar-refractivity contribution in [3.63, 3.8) is 0 Å². The van der Waals surface area contributed by atoms with E-state index in [1.165, 1.54) is 4.90 Å². The highest BCUT2D eigenvalue weighted by Crippen LogP contribution is 2.29. The van der Waals surface area contributed by atoms with Gasteiger partial charge in [0.25, 0.3) is 0 Å². The molecule has 1 heterocycles. The summed E-state index contributed by atoms with van der Waals surface area (Å²) in [5.41, 5.74) is 0.856. The minimum Gasteiger partial charge on any atom is -0.326 e. The SMILES string of the molecule is CC(C(=O)Nc1ccc(Sc2ccc(Br)cc2)cc1)C1CNC1.Cl. The zero-order valence-electron chi connectivity index (χ0n) is 13.3. The summed E-state index contributed by atoms with van der Waals surface area (Å²) in [5.74, 6) is 0.611. The number of carbonyl (C=O) groups excluding carboxylic acids is 1. The second-order valence-corrected chi connectivity index (χ2v) is 7.84. The van der Waals surface area contributed by atoms with Gasteiger partial charge in [0.15, 0.2) is 0 Å². The monoisotopic (exact) mass is 426 g/mol. The molecular weight excluding hydrogens is 408 g/mol. The Morgan fingerprint density at radius 1 is 1.12 bits per heavy atom. The van der Waals surface area contributed by atoms with Crippen LogP contribution < -0.4 is 10.6 Å². The van der Waals surface area contributed by atoms with Crippen LogP contribution in [0, 0.1) is 11.8 Å². The molecule has 0 radical (unpaired) electrons. The lowest BCUT2D eigenvalue weighted by Gasteiger charge is -2.31. The first-order chi connectivity index (χ1) is 11.1.